The van der Waals surface area contributed by atoms with Gasteiger partial charge in [-0.2, -0.15) is 0 Å². The summed E-state index contributed by atoms with van der Waals surface area (Å²) in [6.45, 7) is 3.06. The molecule has 2 aliphatic heterocycles. The van der Waals surface area contributed by atoms with Gasteiger partial charge in [-0.1, -0.05) is 36.3 Å². The molecule has 4 heteroatoms. The van der Waals surface area contributed by atoms with E-state index < -0.39 is 0 Å². The van der Waals surface area contributed by atoms with Crippen molar-refractivity contribution in [1.82, 2.24) is 4.90 Å². The van der Waals surface area contributed by atoms with Crippen LogP contribution in [-0.4, -0.2) is 28.1 Å². The van der Waals surface area contributed by atoms with E-state index in [0.29, 0.717) is 17.7 Å². The number of ketones is 1. The third-order valence-corrected chi connectivity index (χ3v) is 5.60. The summed E-state index contributed by atoms with van der Waals surface area (Å²) in [5, 5.41) is 13.3. The van der Waals surface area contributed by atoms with Gasteiger partial charge in [0.05, 0.1) is 17.3 Å². The number of nitrogens with zero attached hydrogens (tertiary/aromatic N) is 2. The van der Waals surface area contributed by atoms with Gasteiger partial charge in [0.1, 0.15) is 0 Å². The molecule has 1 N–H and O–H groups in total. The van der Waals surface area contributed by atoms with E-state index in [1.54, 1.807) is 0 Å². The SMILES string of the molecule is CC[C@H]1C(=NO)C2=C(CCCC2=O)N2CCc3ccccc3[C@@H]12. The Kier molecular flexibility index (Phi) is 3.47. The first kappa shape index (κ1) is 14.5. The van der Waals surface area contributed by atoms with Gasteiger partial charge in [0.25, 0.3) is 0 Å². The summed E-state index contributed by atoms with van der Waals surface area (Å²) >= 11 is 0. The fraction of sp³-hybridized carbons (Fsp3) is 0.474. The average Bonchev–Trinajstić information content (AvgIpc) is 2.60. The van der Waals surface area contributed by atoms with E-state index in [2.05, 4.69) is 41.2 Å². The van der Waals surface area contributed by atoms with Gasteiger partial charge in [-0.05, 0) is 36.8 Å². The van der Waals surface area contributed by atoms with Gasteiger partial charge in [0.15, 0.2) is 5.78 Å². The standard InChI is InChI=1S/C19H22N2O2/c1-2-13-18(20-23)17-15(8-5-9-16(17)22)21-11-10-12-6-3-4-7-14(12)19(13)21/h3-4,6-7,13,19,23H,2,5,8-11H2,1H3/t13-,19+/m0/s1. The van der Waals surface area contributed by atoms with Crippen LogP contribution in [0.3, 0.4) is 0 Å². The number of fused-ring (bicyclic) bond motifs is 4. The molecule has 0 saturated carbocycles. The quantitative estimate of drug-likeness (QED) is 0.638. The fourth-order valence-electron chi connectivity index (χ4n) is 4.62. The highest BCUT2D eigenvalue weighted by Crippen LogP contribution is 2.47. The molecule has 1 aromatic carbocycles. The lowest BCUT2D eigenvalue weighted by molar-refractivity contribution is -0.116. The number of carbonyl (C=O) groups is 1. The summed E-state index contributed by atoms with van der Waals surface area (Å²) in [6.07, 6.45) is 4.26. The Balaban J connectivity index is 1.93. The zero-order chi connectivity index (χ0) is 16.0. The second kappa shape index (κ2) is 5.52. The van der Waals surface area contributed by atoms with E-state index in [0.717, 1.165) is 37.9 Å². The van der Waals surface area contributed by atoms with Gasteiger partial charge in [0, 0.05) is 24.6 Å². The van der Waals surface area contributed by atoms with Gasteiger partial charge in [-0.15, -0.1) is 0 Å². The van der Waals surface area contributed by atoms with Gasteiger partial charge >= 0.3 is 0 Å². The van der Waals surface area contributed by atoms with Crippen molar-refractivity contribution in [3.63, 3.8) is 0 Å². The van der Waals surface area contributed by atoms with Crippen LogP contribution in [0.1, 0.15) is 49.8 Å². The summed E-state index contributed by atoms with van der Waals surface area (Å²) in [5.41, 5.74) is 5.15. The first-order chi connectivity index (χ1) is 11.3. The molecular formula is C19H22N2O2. The molecule has 2 heterocycles. The second-order valence-electron chi connectivity index (χ2n) is 6.69. The lowest BCUT2D eigenvalue weighted by Gasteiger charge is -2.49. The van der Waals surface area contributed by atoms with Crippen molar-refractivity contribution in [3.05, 3.63) is 46.7 Å². The molecule has 2 atom stereocenters. The van der Waals surface area contributed by atoms with Gasteiger partial charge < -0.3 is 10.1 Å². The highest BCUT2D eigenvalue weighted by atomic mass is 16.4. The molecule has 120 valence electrons. The number of Topliss-reactive ketones (excluding diaryl/α,β-unsaturated/α-hetero) is 1. The van der Waals surface area contributed by atoms with Crippen LogP contribution < -0.4 is 0 Å². The maximum atomic E-state index is 12.5. The van der Waals surface area contributed by atoms with Crippen molar-refractivity contribution < 1.29 is 10.0 Å². The van der Waals surface area contributed by atoms with Crippen molar-refractivity contribution in [3.8, 4) is 0 Å². The van der Waals surface area contributed by atoms with E-state index in [-0.39, 0.29) is 17.7 Å². The van der Waals surface area contributed by atoms with Gasteiger partial charge in [0.2, 0.25) is 0 Å². The first-order valence-corrected chi connectivity index (χ1v) is 8.59. The molecule has 0 amide bonds. The van der Waals surface area contributed by atoms with Gasteiger partial charge in [-0.25, -0.2) is 0 Å². The van der Waals surface area contributed by atoms with Crippen LogP contribution >= 0.6 is 0 Å². The van der Waals surface area contributed by atoms with Crippen molar-refractivity contribution in [2.45, 2.75) is 45.1 Å². The summed E-state index contributed by atoms with van der Waals surface area (Å²) in [7, 11) is 0. The number of oxime groups is 1. The number of allylic oxidation sites excluding steroid dienone is 2. The maximum Gasteiger partial charge on any atom is 0.166 e. The van der Waals surface area contributed by atoms with E-state index in [1.165, 1.54) is 11.1 Å². The molecule has 23 heavy (non-hydrogen) atoms. The third-order valence-electron chi connectivity index (χ3n) is 5.60. The molecule has 4 rings (SSSR count). The predicted octanol–water partition coefficient (Wildman–Crippen LogP) is 3.46. The minimum absolute atomic E-state index is 0.0715. The Morgan fingerprint density at radius 1 is 1.26 bits per heavy atom. The van der Waals surface area contributed by atoms with Crippen molar-refractivity contribution >= 4 is 11.5 Å². The minimum Gasteiger partial charge on any atom is -0.411 e. The fourth-order valence-corrected chi connectivity index (χ4v) is 4.62. The van der Waals surface area contributed by atoms with Crippen LogP contribution in [-0.2, 0) is 11.2 Å². The molecule has 0 radical (unpaired) electrons. The molecule has 3 aliphatic rings. The molecule has 0 aromatic heterocycles. The molecule has 0 saturated heterocycles. The zero-order valence-electron chi connectivity index (χ0n) is 13.5. The topological polar surface area (TPSA) is 52.9 Å². The van der Waals surface area contributed by atoms with Crippen LogP contribution in [0.4, 0.5) is 0 Å². The molecule has 0 unspecified atom stereocenters. The van der Waals surface area contributed by atoms with E-state index in [1.807, 2.05) is 0 Å². The maximum absolute atomic E-state index is 12.5. The van der Waals surface area contributed by atoms with Crippen LogP contribution in [0, 0.1) is 5.92 Å². The largest absolute Gasteiger partial charge is 0.411 e. The Labute approximate surface area is 136 Å². The summed E-state index contributed by atoms with van der Waals surface area (Å²) in [4.78, 5) is 14.9. The molecule has 0 bridgehead atoms. The summed E-state index contributed by atoms with van der Waals surface area (Å²) < 4.78 is 0. The number of hydrogen-bond donors (Lipinski definition) is 1. The molecule has 0 fully saturated rings. The van der Waals surface area contributed by atoms with Crippen LogP contribution in [0.15, 0.2) is 40.7 Å². The highest BCUT2D eigenvalue weighted by molar-refractivity contribution is 6.24. The van der Waals surface area contributed by atoms with E-state index in [4.69, 9.17) is 0 Å². The molecule has 1 aromatic rings. The van der Waals surface area contributed by atoms with Crippen molar-refractivity contribution in [2.75, 3.05) is 6.54 Å². The van der Waals surface area contributed by atoms with Gasteiger partial charge in [-0.3, -0.25) is 4.79 Å². The molecule has 4 nitrogen and oxygen atoms in total. The highest BCUT2D eigenvalue weighted by Gasteiger charge is 2.45. The molecular weight excluding hydrogens is 288 g/mol. The van der Waals surface area contributed by atoms with E-state index >= 15 is 0 Å². The Morgan fingerprint density at radius 3 is 2.87 bits per heavy atom. The Hall–Kier alpha value is -2.10. The third kappa shape index (κ3) is 2.04. The second-order valence-corrected chi connectivity index (χ2v) is 6.69. The normalized spacial score (nSPS) is 28.5. The molecule has 0 spiro atoms. The zero-order valence-corrected chi connectivity index (χ0v) is 13.5. The lowest BCUT2D eigenvalue weighted by Crippen LogP contribution is -2.48. The summed E-state index contributed by atoms with van der Waals surface area (Å²) in [5.74, 6) is 0.219. The lowest BCUT2D eigenvalue weighted by atomic mass is 9.72. The predicted molar refractivity (Wildman–Crippen MR) is 88.5 cm³/mol. The first-order valence-electron chi connectivity index (χ1n) is 8.59. The Bertz CT molecular complexity index is 720. The number of rotatable bonds is 1. The number of hydrogen-bond acceptors (Lipinski definition) is 4. The van der Waals surface area contributed by atoms with Crippen molar-refractivity contribution in [1.29, 1.82) is 0 Å². The minimum atomic E-state index is 0.0715. The number of carbonyl (C=O) groups excluding carboxylic acids is 1. The Morgan fingerprint density at radius 2 is 2.09 bits per heavy atom. The summed E-state index contributed by atoms with van der Waals surface area (Å²) in [6, 6.07) is 8.76. The monoisotopic (exact) mass is 310 g/mol. The smallest absolute Gasteiger partial charge is 0.166 e. The van der Waals surface area contributed by atoms with Crippen LogP contribution in [0.5, 0.6) is 0 Å². The van der Waals surface area contributed by atoms with E-state index in [9.17, 15) is 10.0 Å². The molecule has 1 aliphatic carbocycles. The van der Waals surface area contributed by atoms with Crippen LogP contribution in [0.2, 0.25) is 0 Å². The average molecular weight is 310 g/mol. The van der Waals surface area contributed by atoms with Crippen molar-refractivity contribution in [2.24, 2.45) is 11.1 Å². The van der Waals surface area contributed by atoms with Crippen LogP contribution in [0.25, 0.3) is 0 Å². The number of benzene rings is 1.